The summed E-state index contributed by atoms with van der Waals surface area (Å²) in [4.78, 5) is 0. The molecule has 18 heavy (non-hydrogen) atoms. The summed E-state index contributed by atoms with van der Waals surface area (Å²) in [5, 5.41) is 17.4. The van der Waals surface area contributed by atoms with Gasteiger partial charge < -0.3 is 14.4 Å². The first-order valence-corrected chi connectivity index (χ1v) is 5.94. The van der Waals surface area contributed by atoms with Gasteiger partial charge in [-0.15, -0.1) is 10.2 Å². The molecule has 1 unspecified atom stereocenters. The van der Waals surface area contributed by atoms with E-state index < -0.39 is 6.10 Å². The second-order valence-electron chi connectivity index (χ2n) is 4.14. The molecule has 0 aliphatic heterocycles. The summed E-state index contributed by atoms with van der Waals surface area (Å²) in [6.45, 7) is 2.33. The van der Waals surface area contributed by atoms with Gasteiger partial charge in [0.2, 0.25) is 0 Å². The van der Waals surface area contributed by atoms with Crippen LogP contribution in [0.2, 0.25) is 0 Å². The maximum atomic E-state index is 9.67. The Bertz CT molecular complexity index is 493. The number of rotatable bonds is 5. The van der Waals surface area contributed by atoms with Crippen molar-refractivity contribution in [1.82, 2.24) is 14.8 Å². The van der Waals surface area contributed by atoms with Gasteiger partial charge in [0.05, 0.1) is 6.10 Å². The maximum Gasteiger partial charge on any atom is 0.170 e. The van der Waals surface area contributed by atoms with Gasteiger partial charge in [0, 0.05) is 7.05 Å². The zero-order valence-electron chi connectivity index (χ0n) is 10.6. The molecule has 1 heterocycles. The summed E-state index contributed by atoms with van der Waals surface area (Å²) in [6.07, 6.45) is 1.94. The molecular formula is C13H17N3O2. The predicted molar refractivity (Wildman–Crippen MR) is 67.0 cm³/mol. The Hall–Kier alpha value is -1.88. The van der Waals surface area contributed by atoms with E-state index in [9.17, 15) is 5.11 Å². The molecule has 96 valence electrons. The lowest BCUT2D eigenvalue weighted by molar-refractivity contribution is 0.173. The van der Waals surface area contributed by atoms with Gasteiger partial charge in [-0.2, -0.15) is 0 Å². The molecule has 5 heteroatoms. The molecule has 0 aliphatic carbocycles. The van der Waals surface area contributed by atoms with Crippen molar-refractivity contribution in [2.24, 2.45) is 7.05 Å². The van der Waals surface area contributed by atoms with E-state index >= 15 is 0 Å². The number of hydrogen-bond donors (Lipinski definition) is 1. The minimum absolute atomic E-state index is 0.381. The average Bonchev–Trinajstić information content (AvgIpc) is 2.81. The number of hydrogen-bond acceptors (Lipinski definition) is 4. The van der Waals surface area contributed by atoms with Crippen LogP contribution in [-0.2, 0) is 13.7 Å². The Morgan fingerprint density at radius 2 is 2.06 bits per heavy atom. The average molecular weight is 247 g/mol. The first-order valence-electron chi connectivity index (χ1n) is 5.94. The molecule has 0 amide bonds. The summed E-state index contributed by atoms with van der Waals surface area (Å²) in [5.41, 5.74) is 0.906. The Balaban J connectivity index is 1.96. The van der Waals surface area contributed by atoms with Crippen molar-refractivity contribution in [3.8, 4) is 5.75 Å². The molecule has 5 nitrogen and oxygen atoms in total. The first kappa shape index (κ1) is 12.6. The summed E-state index contributed by atoms with van der Waals surface area (Å²) >= 11 is 0. The van der Waals surface area contributed by atoms with Crippen molar-refractivity contribution in [2.75, 3.05) is 0 Å². The molecule has 0 bridgehead atoms. The van der Waals surface area contributed by atoms with Crippen molar-refractivity contribution >= 4 is 0 Å². The molecule has 1 aromatic heterocycles. The number of aliphatic hydroxyl groups is 1. The van der Waals surface area contributed by atoms with Crippen molar-refractivity contribution in [2.45, 2.75) is 26.1 Å². The Kier molecular flexibility index (Phi) is 3.94. The van der Waals surface area contributed by atoms with Gasteiger partial charge >= 0.3 is 0 Å². The van der Waals surface area contributed by atoms with Crippen molar-refractivity contribution in [3.05, 3.63) is 42.0 Å². The van der Waals surface area contributed by atoms with Gasteiger partial charge in [0.25, 0.3) is 0 Å². The lowest BCUT2D eigenvalue weighted by atomic mass is 10.1. The Morgan fingerprint density at radius 1 is 1.33 bits per heavy atom. The molecule has 0 radical (unpaired) electrons. The van der Waals surface area contributed by atoms with Crippen LogP contribution in [0.3, 0.4) is 0 Å². The van der Waals surface area contributed by atoms with E-state index in [1.54, 1.807) is 6.33 Å². The highest BCUT2D eigenvalue weighted by atomic mass is 16.5. The smallest absolute Gasteiger partial charge is 0.170 e. The van der Waals surface area contributed by atoms with E-state index in [0.29, 0.717) is 13.0 Å². The normalized spacial score (nSPS) is 12.4. The van der Waals surface area contributed by atoms with Gasteiger partial charge in [0.15, 0.2) is 5.82 Å². The Labute approximate surface area is 106 Å². The van der Waals surface area contributed by atoms with Crippen LogP contribution in [0.15, 0.2) is 30.6 Å². The van der Waals surface area contributed by atoms with E-state index in [0.717, 1.165) is 17.1 Å². The summed E-state index contributed by atoms with van der Waals surface area (Å²) < 4.78 is 7.41. The second kappa shape index (κ2) is 5.64. The molecule has 2 rings (SSSR count). The van der Waals surface area contributed by atoms with Crippen LogP contribution >= 0.6 is 0 Å². The van der Waals surface area contributed by atoms with Crippen molar-refractivity contribution < 1.29 is 9.84 Å². The standard InChI is InChI=1S/C13H17N3O2/c1-3-12(17)10-4-6-11(7-5-10)18-8-13-15-14-9-16(13)2/h4-7,9,12,17H,3,8H2,1-2H3. The van der Waals surface area contributed by atoms with Crippen molar-refractivity contribution in [3.63, 3.8) is 0 Å². The third kappa shape index (κ3) is 2.87. The van der Waals surface area contributed by atoms with Crippen LogP contribution in [0.5, 0.6) is 5.75 Å². The van der Waals surface area contributed by atoms with Crippen LogP contribution < -0.4 is 4.74 Å². The number of aromatic nitrogens is 3. The van der Waals surface area contributed by atoms with Gasteiger partial charge in [-0.05, 0) is 24.1 Å². The third-order valence-corrected chi connectivity index (χ3v) is 2.82. The number of aliphatic hydroxyl groups excluding tert-OH is 1. The molecule has 0 saturated carbocycles. The first-order chi connectivity index (χ1) is 8.70. The van der Waals surface area contributed by atoms with E-state index in [1.807, 2.05) is 42.8 Å². The highest BCUT2D eigenvalue weighted by molar-refractivity contribution is 5.28. The molecule has 0 spiro atoms. The third-order valence-electron chi connectivity index (χ3n) is 2.82. The monoisotopic (exact) mass is 247 g/mol. The fourth-order valence-electron chi connectivity index (χ4n) is 1.61. The molecule has 0 aliphatic rings. The lowest BCUT2D eigenvalue weighted by Gasteiger charge is -2.09. The fraction of sp³-hybridized carbons (Fsp3) is 0.385. The molecular weight excluding hydrogens is 230 g/mol. The highest BCUT2D eigenvalue weighted by Gasteiger charge is 2.05. The van der Waals surface area contributed by atoms with Gasteiger partial charge in [-0.1, -0.05) is 19.1 Å². The number of ether oxygens (including phenoxy) is 1. The molecule has 1 N–H and O–H groups in total. The summed E-state index contributed by atoms with van der Waals surface area (Å²) in [5.74, 6) is 1.53. The Morgan fingerprint density at radius 3 is 2.61 bits per heavy atom. The zero-order chi connectivity index (χ0) is 13.0. The molecule has 0 saturated heterocycles. The quantitative estimate of drug-likeness (QED) is 0.875. The molecule has 1 aromatic carbocycles. The van der Waals surface area contributed by atoms with Crippen LogP contribution in [0.1, 0.15) is 30.8 Å². The summed E-state index contributed by atoms with van der Waals surface area (Å²) in [7, 11) is 1.87. The number of benzene rings is 1. The van der Waals surface area contributed by atoms with Gasteiger partial charge in [-0.3, -0.25) is 0 Å². The molecule has 2 aromatic rings. The van der Waals surface area contributed by atoms with Gasteiger partial charge in [-0.25, -0.2) is 0 Å². The van der Waals surface area contributed by atoms with E-state index in [-0.39, 0.29) is 0 Å². The minimum atomic E-state index is -0.405. The fourth-order valence-corrected chi connectivity index (χ4v) is 1.61. The van der Waals surface area contributed by atoms with Crippen LogP contribution in [0, 0.1) is 0 Å². The number of nitrogens with zero attached hydrogens (tertiary/aromatic N) is 3. The number of aryl methyl sites for hydroxylation is 1. The van der Waals surface area contributed by atoms with E-state index in [4.69, 9.17) is 4.74 Å². The molecule has 0 fully saturated rings. The predicted octanol–water partition coefficient (Wildman–Crippen LogP) is 1.84. The second-order valence-corrected chi connectivity index (χ2v) is 4.14. The van der Waals surface area contributed by atoms with E-state index in [1.165, 1.54) is 0 Å². The van der Waals surface area contributed by atoms with Crippen LogP contribution in [-0.4, -0.2) is 19.9 Å². The maximum absolute atomic E-state index is 9.67. The minimum Gasteiger partial charge on any atom is -0.486 e. The lowest BCUT2D eigenvalue weighted by Crippen LogP contribution is -2.03. The SMILES string of the molecule is CCC(O)c1ccc(OCc2nncn2C)cc1. The highest BCUT2D eigenvalue weighted by Crippen LogP contribution is 2.20. The van der Waals surface area contributed by atoms with Crippen LogP contribution in [0.4, 0.5) is 0 Å². The van der Waals surface area contributed by atoms with Crippen molar-refractivity contribution in [1.29, 1.82) is 0 Å². The topological polar surface area (TPSA) is 60.2 Å². The largest absolute Gasteiger partial charge is 0.486 e. The zero-order valence-corrected chi connectivity index (χ0v) is 10.6. The van der Waals surface area contributed by atoms with Gasteiger partial charge in [0.1, 0.15) is 18.7 Å². The summed E-state index contributed by atoms with van der Waals surface area (Å²) in [6, 6.07) is 7.45. The van der Waals surface area contributed by atoms with E-state index in [2.05, 4.69) is 10.2 Å². The molecule has 1 atom stereocenters. The van der Waals surface area contributed by atoms with Crippen LogP contribution in [0.25, 0.3) is 0 Å².